The summed E-state index contributed by atoms with van der Waals surface area (Å²) in [4.78, 5) is 11.3. The third kappa shape index (κ3) is 6.83. The number of hydrogen-bond donors (Lipinski definition) is 2. The van der Waals surface area contributed by atoms with Crippen molar-refractivity contribution in [1.82, 2.24) is 15.6 Å². The lowest BCUT2D eigenvalue weighted by atomic mass is 10.2. The summed E-state index contributed by atoms with van der Waals surface area (Å²) in [5.41, 5.74) is 1.13. The number of nitrogens with zero attached hydrogens (tertiary/aromatic N) is 3. The van der Waals surface area contributed by atoms with E-state index in [1.165, 1.54) is 25.7 Å². The average Bonchev–Trinajstić information content (AvgIpc) is 3.09. The van der Waals surface area contributed by atoms with Crippen molar-refractivity contribution in [2.45, 2.75) is 32.2 Å². The molecule has 1 aromatic heterocycles. The summed E-state index contributed by atoms with van der Waals surface area (Å²) >= 11 is 0. The zero-order valence-corrected chi connectivity index (χ0v) is 18.1. The number of anilines is 1. The van der Waals surface area contributed by atoms with Gasteiger partial charge in [-0.25, -0.2) is 4.98 Å². The van der Waals surface area contributed by atoms with Gasteiger partial charge in [-0.2, -0.15) is 0 Å². The normalized spacial score (nSPS) is 14.7. The van der Waals surface area contributed by atoms with E-state index in [9.17, 15) is 0 Å². The Morgan fingerprint density at radius 2 is 1.73 bits per heavy atom. The van der Waals surface area contributed by atoms with Crippen molar-refractivity contribution in [2.24, 2.45) is 4.99 Å². The zero-order valence-electron chi connectivity index (χ0n) is 18.1. The molecular formula is C23H33N5O2. The first-order valence-corrected chi connectivity index (χ1v) is 10.7. The van der Waals surface area contributed by atoms with E-state index in [-0.39, 0.29) is 0 Å². The molecule has 2 N–H and O–H groups in total. The largest absolute Gasteiger partial charge is 0.497 e. The monoisotopic (exact) mass is 411 g/mol. The van der Waals surface area contributed by atoms with Crippen molar-refractivity contribution in [3.63, 3.8) is 0 Å². The number of guanidine groups is 1. The molecule has 0 unspecified atom stereocenters. The Bertz CT molecular complexity index is 769. The lowest BCUT2D eigenvalue weighted by molar-refractivity contribution is 0.321. The molecule has 0 bridgehead atoms. The molecule has 2 heterocycles. The van der Waals surface area contributed by atoms with Crippen LogP contribution in [0, 0.1) is 0 Å². The third-order valence-electron chi connectivity index (χ3n) is 5.15. The molecule has 0 amide bonds. The molecule has 0 saturated carbocycles. The number of nitrogens with one attached hydrogen (secondary N) is 2. The summed E-state index contributed by atoms with van der Waals surface area (Å²) in [7, 11) is 3.42. The van der Waals surface area contributed by atoms with E-state index in [4.69, 9.17) is 9.47 Å². The van der Waals surface area contributed by atoms with E-state index < -0.39 is 0 Å². The van der Waals surface area contributed by atoms with Crippen molar-refractivity contribution in [1.29, 1.82) is 0 Å². The first-order valence-electron chi connectivity index (χ1n) is 10.7. The second kappa shape index (κ2) is 11.9. The van der Waals surface area contributed by atoms with Crippen LogP contribution < -0.4 is 25.0 Å². The number of rotatable bonds is 8. The molecule has 0 radical (unpaired) electrons. The summed E-state index contributed by atoms with van der Waals surface area (Å²) in [6.45, 7) is 4.09. The molecule has 1 aliphatic rings. The molecular weight excluding hydrogens is 378 g/mol. The third-order valence-corrected chi connectivity index (χ3v) is 5.15. The molecule has 0 spiro atoms. The van der Waals surface area contributed by atoms with E-state index >= 15 is 0 Å². The number of benzene rings is 1. The maximum Gasteiger partial charge on any atom is 0.191 e. The molecule has 1 aromatic carbocycles. The number of aliphatic imine (C=N–C) groups is 1. The van der Waals surface area contributed by atoms with Gasteiger partial charge in [-0.3, -0.25) is 4.99 Å². The first kappa shape index (κ1) is 21.7. The fourth-order valence-corrected chi connectivity index (χ4v) is 3.42. The molecule has 162 valence electrons. The maximum atomic E-state index is 5.73. The molecule has 1 saturated heterocycles. The van der Waals surface area contributed by atoms with Crippen molar-refractivity contribution < 1.29 is 9.47 Å². The number of pyridine rings is 1. The van der Waals surface area contributed by atoms with Crippen LogP contribution in [0.1, 0.15) is 31.2 Å². The van der Waals surface area contributed by atoms with Crippen LogP contribution in [0.2, 0.25) is 0 Å². The molecule has 7 nitrogen and oxygen atoms in total. The average molecular weight is 412 g/mol. The van der Waals surface area contributed by atoms with E-state index in [1.54, 1.807) is 14.2 Å². The molecule has 3 rings (SSSR count). The van der Waals surface area contributed by atoms with Crippen molar-refractivity contribution in [2.75, 3.05) is 45.3 Å². The van der Waals surface area contributed by atoms with Gasteiger partial charge < -0.3 is 25.0 Å². The summed E-state index contributed by atoms with van der Waals surface area (Å²) in [6.07, 6.45) is 7.13. The van der Waals surface area contributed by atoms with Crippen molar-refractivity contribution in [3.05, 3.63) is 48.2 Å². The maximum absolute atomic E-state index is 5.73. The van der Waals surface area contributed by atoms with Crippen LogP contribution in [0.5, 0.6) is 11.5 Å². The second-order valence-electron chi connectivity index (χ2n) is 7.30. The minimum absolute atomic E-state index is 0.541. The molecule has 7 heteroatoms. The molecule has 1 aliphatic heterocycles. The molecule has 1 fully saturated rings. The van der Waals surface area contributed by atoms with E-state index in [1.807, 2.05) is 30.5 Å². The van der Waals surface area contributed by atoms with Gasteiger partial charge in [-0.1, -0.05) is 18.9 Å². The molecule has 2 aromatic rings. The minimum Gasteiger partial charge on any atom is -0.497 e. The fourth-order valence-electron chi connectivity index (χ4n) is 3.42. The Labute approximate surface area is 179 Å². The molecule has 0 aliphatic carbocycles. The van der Waals surface area contributed by atoms with E-state index in [0.717, 1.165) is 41.9 Å². The summed E-state index contributed by atoms with van der Waals surface area (Å²) < 4.78 is 10.9. The summed E-state index contributed by atoms with van der Waals surface area (Å²) in [5.74, 6) is 3.46. The van der Waals surface area contributed by atoms with Crippen LogP contribution in [0.3, 0.4) is 0 Å². The predicted molar refractivity (Wildman–Crippen MR) is 122 cm³/mol. The van der Waals surface area contributed by atoms with Crippen LogP contribution in [-0.4, -0.2) is 51.3 Å². The van der Waals surface area contributed by atoms with Gasteiger partial charge in [-0.05, 0) is 48.7 Å². The van der Waals surface area contributed by atoms with Gasteiger partial charge in [0.05, 0.1) is 13.7 Å². The minimum atomic E-state index is 0.541. The van der Waals surface area contributed by atoms with Crippen LogP contribution >= 0.6 is 0 Å². The quantitative estimate of drug-likeness (QED) is 0.395. The number of ether oxygens (including phenoxy) is 2. The van der Waals surface area contributed by atoms with Gasteiger partial charge in [0.1, 0.15) is 23.9 Å². The van der Waals surface area contributed by atoms with E-state index in [2.05, 4.69) is 37.6 Å². The Kier molecular flexibility index (Phi) is 8.62. The van der Waals surface area contributed by atoms with Gasteiger partial charge in [0.2, 0.25) is 0 Å². The van der Waals surface area contributed by atoms with Gasteiger partial charge in [-0.15, -0.1) is 0 Å². The van der Waals surface area contributed by atoms with Crippen LogP contribution in [0.4, 0.5) is 5.82 Å². The highest BCUT2D eigenvalue weighted by atomic mass is 16.5. The van der Waals surface area contributed by atoms with Gasteiger partial charge in [0, 0.05) is 32.9 Å². The van der Waals surface area contributed by atoms with Gasteiger partial charge in [0.25, 0.3) is 0 Å². The second-order valence-corrected chi connectivity index (χ2v) is 7.30. The summed E-state index contributed by atoms with van der Waals surface area (Å²) in [5, 5.41) is 6.58. The highest BCUT2D eigenvalue weighted by Gasteiger charge is 2.10. The Balaban J connectivity index is 1.38. The number of hydrogen-bond acceptors (Lipinski definition) is 5. The Morgan fingerprint density at radius 1 is 1.00 bits per heavy atom. The SMILES string of the molecule is CN=C(NCCOc1ccc(OC)cc1)NCc1ccc(N2CCCCCC2)nc1. The highest BCUT2D eigenvalue weighted by Crippen LogP contribution is 2.18. The lowest BCUT2D eigenvalue weighted by Crippen LogP contribution is -2.38. The van der Waals surface area contributed by atoms with Crippen molar-refractivity contribution >= 4 is 11.8 Å². The lowest BCUT2D eigenvalue weighted by Gasteiger charge is -2.21. The highest BCUT2D eigenvalue weighted by molar-refractivity contribution is 5.79. The fraction of sp³-hybridized carbons (Fsp3) is 0.478. The number of methoxy groups -OCH3 is 1. The van der Waals surface area contributed by atoms with Crippen LogP contribution in [-0.2, 0) is 6.54 Å². The summed E-state index contributed by atoms with van der Waals surface area (Å²) in [6, 6.07) is 11.8. The Hall–Kier alpha value is -2.96. The van der Waals surface area contributed by atoms with Gasteiger partial charge in [0.15, 0.2) is 5.96 Å². The standard InChI is InChI=1S/C23H33N5O2/c1-24-23(25-13-16-30-21-10-8-20(29-2)9-11-21)27-18-19-7-12-22(26-17-19)28-14-5-3-4-6-15-28/h7-12,17H,3-6,13-16,18H2,1-2H3,(H2,24,25,27). The molecule has 0 atom stereocenters. The zero-order chi connectivity index (χ0) is 21.0. The van der Waals surface area contributed by atoms with Gasteiger partial charge >= 0.3 is 0 Å². The predicted octanol–water partition coefficient (Wildman–Crippen LogP) is 3.21. The van der Waals surface area contributed by atoms with Crippen molar-refractivity contribution in [3.8, 4) is 11.5 Å². The number of aromatic nitrogens is 1. The first-order chi connectivity index (χ1) is 14.8. The molecule has 30 heavy (non-hydrogen) atoms. The topological polar surface area (TPSA) is 71.0 Å². The smallest absolute Gasteiger partial charge is 0.191 e. The van der Waals surface area contributed by atoms with E-state index in [0.29, 0.717) is 19.7 Å². The van der Waals surface area contributed by atoms with Crippen LogP contribution in [0.25, 0.3) is 0 Å². The Morgan fingerprint density at radius 3 is 2.37 bits per heavy atom. The van der Waals surface area contributed by atoms with Crippen LogP contribution in [0.15, 0.2) is 47.6 Å².